The van der Waals surface area contributed by atoms with E-state index < -0.39 is 10.9 Å². The summed E-state index contributed by atoms with van der Waals surface area (Å²) in [6.45, 7) is 2.03. The Hall–Kier alpha value is -0.580. The molecule has 0 saturated heterocycles. The molecular weight excluding hydrogens is 314 g/mol. The molecule has 0 bridgehead atoms. The van der Waals surface area contributed by atoms with E-state index in [0.29, 0.717) is 6.42 Å². The van der Waals surface area contributed by atoms with Crippen LogP contribution in [0.5, 0.6) is 0 Å². The third kappa shape index (κ3) is 15.4. The fourth-order valence-electron chi connectivity index (χ4n) is 1.53. The molecule has 0 aromatic carbocycles. The topological polar surface area (TPSA) is 20.2 Å². The Bertz CT molecular complexity index is 341. The van der Waals surface area contributed by atoms with Gasteiger partial charge in [0.2, 0.25) is 0 Å². The lowest BCUT2D eigenvalue weighted by atomic mass is 10.1. The van der Waals surface area contributed by atoms with E-state index >= 15 is 0 Å². The maximum absolute atomic E-state index is 12.3. The summed E-state index contributed by atoms with van der Waals surface area (Å²) in [6, 6.07) is 0. The lowest BCUT2D eigenvalue weighted by Gasteiger charge is -2.03. The minimum absolute atomic E-state index is 0.450. The lowest BCUT2D eigenvalue weighted by Crippen LogP contribution is -2.06. The molecule has 0 spiro atoms. The zero-order valence-corrected chi connectivity index (χ0v) is 12.9. The monoisotopic (exact) mass is 334 g/mol. The first-order valence-corrected chi connectivity index (χ1v) is 7.48. The van der Waals surface area contributed by atoms with E-state index in [0.717, 1.165) is 44.9 Å². The molecule has 1 atom stereocenters. The fourth-order valence-corrected chi connectivity index (χ4v) is 1.65. The van der Waals surface area contributed by atoms with Crippen molar-refractivity contribution in [2.75, 3.05) is 0 Å². The summed E-state index contributed by atoms with van der Waals surface area (Å²) in [5.41, 5.74) is 0. The Kier molecular flexibility index (Phi) is 10.9. The predicted octanol–water partition coefficient (Wildman–Crippen LogP) is 4.48. The second-order valence-electron chi connectivity index (χ2n) is 4.30. The predicted molar refractivity (Wildman–Crippen MR) is 78.0 cm³/mol. The quantitative estimate of drug-likeness (QED) is 0.413. The molecule has 0 aromatic rings. The molecule has 0 aliphatic carbocycles. The second kappa shape index (κ2) is 11.3. The van der Waals surface area contributed by atoms with Crippen LogP contribution in [0, 0.1) is 23.7 Å². The van der Waals surface area contributed by atoms with Crippen LogP contribution in [0.4, 0.5) is 8.78 Å². The maximum Gasteiger partial charge on any atom is 0.363 e. The standard InChI is InChI=1S/C15H21BrF2O/c1-2-3-4-5-6-7-8-9-10-11-14(19)12-13-15(16,17)18/h14,19H,2,5-11H2,1H3. The molecule has 0 heterocycles. The van der Waals surface area contributed by atoms with Crippen LogP contribution in [-0.4, -0.2) is 16.0 Å². The first kappa shape index (κ1) is 18.4. The van der Waals surface area contributed by atoms with E-state index in [1.165, 1.54) is 0 Å². The average Bonchev–Trinajstić information content (AvgIpc) is 2.33. The van der Waals surface area contributed by atoms with Gasteiger partial charge in [0.15, 0.2) is 0 Å². The second-order valence-corrected chi connectivity index (χ2v) is 5.29. The highest BCUT2D eigenvalue weighted by Gasteiger charge is 2.19. The molecule has 19 heavy (non-hydrogen) atoms. The van der Waals surface area contributed by atoms with Gasteiger partial charge < -0.3 is 5.11 Å². The van der Waals surface area contributed by atoms with E-state index in [2.05, 4.69) is 33.7 Å². The van der Waals surface area contributed by atoms with Crippen molar-refractivity contribution < 1.29 is 13.9 Å². The van der Waals surface area contributed by atoms with Gasteiger partial charge in [-0.1, -0.05) is 32.1 Å². The van der Waals surface area contributed by atoms with Crippen LogP contribution in [0.15, 0.2) is 0 Å². The third-order valence-corrected chi connectivity index (χ3v) is 2.66. The van der Waals surface area contributed by atoms with Crippen molar-refractivity contribution in [3.8, 4) is 23.7 Å². The molecule has 108 valence electrons. The van der Waals surface area contributed by atoms with Crippen molar-refractivity contribution in [2.24, 2.45) is 0 Å². The number of halogens is 3. The van der Waals surface area contributed by atoms with Gasteiger partial charge in [-0.2, -0.15) is 8.78 Å². The van der Waals surface area contributed by atoms with Gasteiger partial charge in [0, 0.05) is 28.8 Å². The maximum atomic E-state index is 12.3. The molecule has 1 N–H and O–H groups in total. The summed E-state index contributed by atoms with van der Waals surface area (Å²) in [6.07, 6.45) is 6.46. The molecule has 0 aliphatic heterocycles. The number of aliphatic hydroxyl groups excluding tert-OH is 1. The molecule has 4 heteroatoms. The summed E-state index contributed by atoms with van der Waals surface area (Å²) in [5.74, 6) is 9.93. The van der Waals surface area contributed by atoms with Crippen LogP contribution in [0.1, 0.15) is 58.3 Å². The molecule has 1 unspecified atom stereocenters. The molecule has 0 fully saturated rings. The van der Waals surface area contributed by atoms with E-state index in [1.54, 1.807) is 5.92 Å². The van der Waals surface area contributed by atoms with E-state index in [9.17, 15) is 13.9 Å². The van der Waals surface area contributed by atoms with Gasteiger partial charge in [-0.05, 0) is 25.2 Å². The first-order chi connectivity index (χ1) is 8.95. The molecule has 0 aromatic heterocycles. The van der Waals surface area contributed by atoms with Crippen LogP contribution >= 0.6 is 15.9 Å². The van der Waals surface area contributed by atoms with Gasteiger partial charge in [0.1, 0.15) is 6.10 Å². The fraction of sp³-hybridized carbons (Fsp3) is 0.733. The van der Waals surface area contributed by atoms with Crippen LogP contribution < -0.4 is 0 Å². The van der Waals surface area contributed by atoms with Gasteiger partial charge in [-0.3, -0.25) is 0 Å². The molecule has 0 rings (SSSR count). The Morgan fingerprint density at radius 2 is 1.74 bits per heavy atom. The number of rotatable bonds is 7. The van der Waals surface area contributed by atoms with Crippen LogP contribution in [0.2, 0.25) is 0 Å². The number of aliphatic hydroxyl groups is 1. The van der Waals surface area contributed by atoms with Gasteiger partial charge in [-0.25, -0.2) is 0 Å². The molecular formula is C15H21BrF2O. The Morgan fingerprint density at radius 3 is 2.37 bits per heavy atom. The Morgan fingerprint density at radius 1 is 1.11 bits per heavy atom. The Labute approximate surface area is 123 Å². The van der Waals surface area contributed by atoms with Crippen molar-refractivity contribution in [3.05, 3.63) is 0 Å². The highest BCUT2D eigenvalue weighted by atomic mass is 79.9. The van der Waals surface area contributed by atoms with Gasteiger partial charge in [0.25, 0.3) is 0 Å². The minimum atomic E-state index is -3.20. The summed E-state index contributed by atoms with van der Waals surface area (Å²) < 4.78 is 24.6. The van der Waals surface area contributed by atoms with Gasteiger partial charge in [0.05, 0.1) is 0 Å². The highest BCUT2D eigenvalue weighted by molar-refractivity contribution is 9.10. The number of hydrogen-bond acceptors (Lipinski definition) is 1. The molecule has 1 nitrogen and oxygen atoms in total. The smallest absolute Gasteiger partial charge is 0.363 e. The summed E-state index contributed by atoms with van der Waals surface area (Å²) in [4.78, 5) is -3.20. The molecule has 0 amide bonds. The van der Waals surface area contributed by atoms with Crippen molar-refractivity contribution in [3.63, 3.8) is 0 Å². The highest BCUT2D eigenvalue weighted by Crippen LogP contribution is 2.19. The van der Waals surface area contributed by atoms with Gasteiger partial charge in [-0.15, -0.1) is 11.8 Å². The normalized spacial score (nSPS) is 12.1. The minimum Gasteiger partial charge on any atom is -0.380 e. The number of alkyl halides is 3. The first-order valence-electron chi connectivity index (χ1n) is 6.69. The number of hydrogen-bond donors (Lipinski definition) is 1. The third-order valence-electron chi connectivity index (χ3n) is 2.46. The molecule has 0 radical (unpaired) electrons. The van der Waals surface area contributed by atoms with Gasteiger partial charge >= 0.3 is 4.83 Å². The van der Waals surface area contributed by atoms with E-state index in [1.807, 2.05) is 6.92 Å². The SMILES string of the molecule is CCC#CCCCCCCCC(O)C#CC(F)(F)Br. The molecule has 0 saturated carbocycles. The van der Waals surface area contributed by atoms with Crippen molar-refractivity contribution in [2.45, 2.75) is 69.2 Å². The van der Waals surface area contributed by atoms with E-state index in [-0.39, 0.29) is 0 Å². The van der Waals surface area contributed by atoms with Crippen LogP contribution in [-0.2, 0) is 0 Å². The summed E-state index contributed by atoms with van der Waals surface area (Å²) in [7, 11) is 0. The van der Waals surface area contributed by atoms with Crippen molar-refractivity contribution in [1.29, 1.82) is 0 Å². The van der Waals surface area contributed by atoms with E-state index in [4.69, 9.17) is 0 Å². The Balaban J connectivity index is 3.46. The molecule has 0 aliphatic rings. The summed E-state index contributed by atoms with van der Waals surface area (Å²) in [5, 5.41) is 9.37. The summed E-state index contributed by atoms with van der Waals surface area (Å²) >= 11 is 2.11. The van der Waals surface area contributed by atoms with Crippen molar-refractivity contribution >= 4 is 15.9 Å². The number of unbranched alkanes of at least 4 members (excludes halogenated alkanes) is 5. The van der Waals surface area contributed by atoms with Crippen molar-refractivity contribution in [1.82, 2.24) is 0 Å². The zero-order chi connectivity index (χ0) is 14.6. The van der Waals surface area contributed by atoms with Crippen LogP contribution in [0.3, 0.4) is 0 Å². The largest absolute Gasteiger partial charge is 0.380 e. The lowest BCUT2D eigenvalue weighted by molar-refractivity contribution is 0.179. The zero-order valence-electron chi connectivity index (χ0n) is 11.3. The average molecular weight is 335 g/mol. The van der Waals surface area contributed by atoms with Crippen LogP contribution in [0.25, 0.3) is 0 Å².